The van der Waals surface area contributed by atoms with Crippen molar-refractivity contribution in [1.82, 2.24) is 15.0 Å². The van der Waals surface area contributed by atoms with Gasteiger partial charge in [-0.15, -0.1) is 0 Å². The summed E-state index contributed by atoms with van der Waals surface area (Å²) >= 11 is 0. The summed E-state index contributed by atoms with van der Waals surface area (Å²) in [7, 11) is 1.34. The Kier molecular flexibility index (Phi) is 3.89. The molecule has 0 bridgehead atoms. The number of aryl methyl sites for hydroxylation is 1. The Morgan fingerprint density at radius 1 is 1.15 bits per heavy atom. The lowest BCUT2D eigenvalue weighted by molar-refractivity contribution is 0.379. The first kappa shape index (κ1) is 13.9. The number of benzene rings is 1. The van der Waals surface area contributed by atoms with Crippen molar-refractivity contribution in [3.63, 3.8) is 0 Å². The molecule has 0 saturated carbocycles. The van der Waals surface area contributed by atoms with Gasteiger partial charge < -0.3 is 10.1 Å². The number of nitrogens with two attached hydrogens (primary N) is 1. The van der Waals surface area contributed by atoms with E-state index in [1.807, 2.05) is 0 Å². The van der Waals surface area contributed by atoms with Crippen molar-refractivity contribution < 1.29 is 13.5 Å². The van der Waals surface area contributed by atoms with E-state index in [9.17, 15) is 8.78 Å². The number of methoxy groups -OCH3 is 1. The van der Waals surface area contributed by atoms with Crippen LogP contribution in [0.1, 0.15) is 5.56 Å². The van der Waals surface area contributed by atoms with Gasteiger partial charge >= 0.3 is 6.01 Å². The summed E-state index contributed by atoms with van der Waals surface area (Å²) < 4.78 is 32.3. The zero-order valence-electron chi connectivity index (χ0n) is 10.7. The SMILES string of the molecule is COc1nc(NN)nc(Nc2c(F)ccc(C)c2F)n1. The molecule has 2 rings (SSSR count). The van der Waals surface area contributed by atoms with Crippen molar-refractivity contribution in [1.29, 1.82) is 0 Å². The van der Waals surface area contributed by atoms with Crippen molar-refractivity contribution in [3.05, 3.63) is 29.3 Å². The van der Waals surface area contributed by atoms with E-state index < -0.39 is 11.6 Å². The largest absolute Gasteiger partial charge is 0.467 e. The van der Waals surface area contributed by atoms with Crippen LogP contribution in [-0.4, -0.2) is 22.1 Å². The first-order chi connectivity index (χ1) is 9.55. The number of rotatable bonds is 4. The lowest BCUT2D eigenvalue weighted by Gasteiger charge is -2.10. The molecule has 2 aromatic rings. The molecule has 0 fully saturated rings. The fourth-order valence-corrected chi connectivity index (χ4v) is 1.45. The van der Waals surface area contributed by atoms with Crippen LogP contribution in [0.15, 0.2) is 12.1 Å². The number of ether oxygens (including phenoxy) is 1. The summed E-state index contributed by atoms with van der Waals surface area (Å²) in [5.41, 5.74) is 2.12. The van der Waals surface area contributed by atoms with Crippen LogP contribution in [0, 0.1) is 18.6 Å². The van der Waals surface area contributed by atoms with Gasteiger partial charge in [0.1, 0.15) is 11.5 Å². The summed E-state index contributed by atoms with van der Waals surface area (Å²) in [6, 6.07) is 2.42. The van der Waals surface area contributed by atoms with Crippen LogP contribution in [0.5, 0.6) is 6.01 Å². The van der Waals surface area contributed by atoms with E-state index in [2.05, 4.69) is 25.7 Å². The van der Waals surface area contributed by atoms with Crippen LogP contribution in [0.4, 0.5) is 26.4 Å². The van der Waals surface area contributed by atoms with Gasteiger partial charge in [0.25, 0.3) is 0 Å². The number of aromatic nitrogens is 3. The van der Waals surface area contributed by atoms with Crippen LogP contribution >= 0.6 is 0 Å². The number of hydrogen-bond donors (Lipinski definition) is 3. The standard InChI is InChI=1S/C11H12F2N6O/c1-5-3-4-6(12)8(7(5)13)15-9-16-10(19-14)18-11(17-9)20-2/h3-4H,14H2,1-2H3,(H2,15,16,17,18,19). The van der Waals surface area contributed by atoms with Gasteiger partial charge in [-0.05, 0) is 18.6 Å². The topological polar surface area (TPSA) is 98.0 Å². The van der Waals surface area contributed by atoms with Gasteiger partial charge in [0.2, 0.25) is 11.9 Å². The second-order valence-electron chi connectivity index (χ2n) is 3.79. The number of hydrogen-bond acceptors (Lipinski definition) is 7. The van der Waals surface area contributed by atoms with E-state index >= 15 is 0 Å². The molecule has 0 spiro atoms. The third kappa shape index (κ3) is 2.72. The molecule has 0 aliphatic heterocycles. The Morgan fingerprint density at radius 3 is 2.50 bits per heavy atom. The predicted octanol–water partition coefficient (Wildman–Crippen LogP) is 1.50. The van der Waals surface area contributed by atoms with Crippen LogP contribution in [0.2, 0.25) is 0 Å². The molecule has 0 unspecified atom stereocenters. The van der Waals surface area contributed by atoms with Crippen LogP contribution < -0.4 is 21.3 Å². The zero-order chi connectivity index (χ0) is 14.7. The Bertz CT molecular complexity index is 614. The molecule has 0 aliphatic rings. The molecule has 20 heavy (non-hydrogen) atoms. The monoisotopic (exact) mass is 282 g/mol. The highest BCUT2D eigenvalue weighted by Crippen LogP contribution is 2.24. The summed E-state index contributed by atoms with van der Waals surface area (Å²) in [4.78, 5) is 11.4. The highest BCUT2D eigenvalue weighted by Gasteiger charge is 2.14. The van der Waals surface area contributed by atoms with Crippen molar-refractivity contribution in [2.75, 3.05) is 17.9 Å². The average Bonchev–Trinajstić information content (AvgIpc) is 2.47. The Hall–Kier alpha value is -2.55. The summed E-state index contributed by atoms with van der Waals surface area (Å²) in [5, 5.41) is 2.44. The minimum absolute atomic E-state index is 0.00665. The summed E-state index contributed by atoms with van der Waals surface area (Å²) in [6.45, 7) is 1.51. The Morgan fingerprint density at radius 2 is 1.85 bits per heavy atom. The van der Waals surface area contributed by atoms with Gasteiger partial charge in [-0.3, -0.25) is 5.43 Å². The Balaban J connectivity index is 2.42. The number of nitrogens with one attached hydrogen (secondary N) is 2. The highest BCUT2D eigenvalue weighted by molar-refractivity contribution is 5.57. The molecule has 1 aromatic carbocycles. The van der Waals surface area contributed by atoms with Gasteiger partial charge in [-0.1, -0.05) is 6.07 Å². The molecule has 0 saturated heterocycles. The van der Waals surface area contributed by atoms with Crippen molar-refractivity contribution in [2.45, 2.75) is 6.92 Å². The number of hydrazine groups is 1. The second-order valence-corrected chi connectivity index (χ2v) is 3.79. The molecule has 106 valence electrons. The quantitative estimate of drug-likeness (QED) is 0.577. The van der Waals surface area contributed by atoms with Crippen molar-refractivity contribution >= 4 is 17.6 Å². The molecule has 1 heterocycles. The van der Waals surface area contributed by atoms with Crippen LogP contribution in [0.25, 0.3) is 0 Å². The maximum absolute atomic E-state index is 13.9. The Labute approximate surface area is 113 Å². The third-order valence-electron chi connectivity index (χ3n) is 2.45. The molecular weight excluding hydrogens is 270 g/mol. The fraction of sp³-hybridized carbons (Fsp3) is 0.182. The normalized spacial score (nSPS) is 10.2. The molecular formula is C11H12F2N6O. The predicted molar refractivity (Wildman–Crippen MR) is 68.6 cm³/mol. The lowest BCUT2D eigenvalue weighted by Crippen LogP contribution is -2.13. The van der Waals surface area contributed by atoms with Crippen molar-refractivity contribution in [2.24, 2.45) is 5.84 Å². The van der Waals surface area contributed by atoms with E-state index in [-0.39, 0.29) is 29.2 Å². The minimum Gasteiger partial charge on any atom is -0.467 e. The van der Waals surface area contributed by atoms with E-state index in [1.165, 1.54) is 20.1 Å². The van der Waals surface area contributed by atoms with E-state index in [0.29, 0.717) is 0 Å². The van der Waals surface area contributed by atoms with Crippen molar-refractivity contribution in [3.8, 4) is 6.01 Å². The third-order valence-corrected chi connectivity index (χ3v) is 2.45. The summed E-state index contributed by atoms with van der Waals surface area (Å²) in [5.74, 6) is 3.58. The maximum Gasteiger partial charge on any atom is 0.322 e. The van der Waals surface area contributed by atoms with Gasteiger partial charge in [0.05, 0.1) is 7.11 Å². The van der Waals surface area contributed by atoms with E-state index in [0.717, 1.165) is 6.07 Å². The molecule has 9 heteroatoms. The lowest BCUT2D eigenvalue weighted by atomic mass is 10.2. The maximum atomic E-state index is 13.9. The molecule has 4 N–H and O–H groups in total. The van der Waals surface area contributed by atoms with E-state index in [1.54, 1.807) is 0 Å². The molecule has 0 atom stereocenters. The first-order valence-corrected chi connectivity index (χ1v) is 5.53. The highest BCUT2D eigenvalue weighted by atomic mass is 19.1. The van der Waals surface area contributed by atoms with Crippen LogP contribution in [-0.2, 0) is 0 Å². The smallest absolute Gasteiger partial charge is 0.322 e. The number of halogens is 2. The number of nitrogen functional groups attached to an aromatic ring is 1. The van der Waals surface area contributed by atoms with Gasteiger partial charge in [0.15, 0.2) is 5.82 Å². The van der Waals surface area contributed by atoms with E-state index in [4.69, 9.17) is 10.6 Å². The fourth-order valence-electron chi connectivity index (χ4n) is 1.45. The molecule has 0 radical (unpaired) electrons. The first-order valence-electron chi connectivity index (χ1n) is 5.53. The number of nitrogens with zero attached hydrogens (tertiary/aromatic N) is 3. The second kappa shape index (κ2) is 5.61. The average molecular weight is 282 g/mol. The zero-order valence-corrected chi connectivity index (χ0v) is 10.7. The summed E-state index contributed by atoms with van der Waals surface area (Å²) in [6.07, 6.45) is 0. The molecule has 7 nitrogen and oxygen atoms in total. The van der Waals surface area contributed by atoms with Gasteiger partial charge in [0, 0.05) is 0 Å². The minimum atomic E-state index is -0.769. The molecule has 0 amide bonds. The number of anilines is 3. The molecule has 0 aliphatic carbocycles. The van der Waals surface area contributed by atoms with Gasteiger partial charge in [-0.2, -0.15) is 15.0 Å². The van der Waals surface area contributed by atoms with Crippen LogP contribution in [0.3, 0.4) is 0 Å². The van der Waals surface area contributed by atoms with Gasteiger partial charge in [-0.25, -0.2) is 14.6 Å². The molecule has 1 aromatic heterocycles.